The first kappa shape index (κ1) is 14.8. The molecular weight excluding hydrogens is 240 g/mol. The van der Waals surface area contributed by atoms with Gasteiger partial charge in [0.05, 0.1) is 0 Å². The molecule has 0 bridgehead atoms. The largest absolute Gasteiger partial charge is 0.480 e. The maximum Gasteiger partial charge on any atom is 0.323 e. The van der Waals surface area contributed by atoms with Crippen molar-refractivity contribution in [3.8, 4) is 0 Å². The average Bonchev–Trinajstić information content (AvgIpc) is 2.69. The number of rotatable bonds is 4. The summed E-state index contributed by atoms with van der Waals surface area (Å²) in [7, 11) is 0. The molecule has 0 spiro atoms. The molecule has 2 rings (SSSR count). The molecule has 2 atom stereocenters. The van der Waals surface area contributed by atoms with Crippen molar-refractivity contribution in [3.05, 3.63) is 0 Å². The van der Waals surface area contributed by atoms with E-state index in [1.807, 2.05) is 6.92 Å². The normalized spacial score (nSPS) is 35.4. The molecule has 1 saturated heterocycles. The van der Waals surface area contributed by atoms with Gasteiger partial charge in [0.15, 0.2) is 0 Å². The summed E-state index contributed by atoms with van der Waals surface area (Å²) in [6.07, 6.45) is 6.14. The van der Waals surface area contributed by atoms with Gasteiger partial charge >= 0.3 is 5.97 Å². The number of nitrogens with zero attached hydrogens (tertiary/aromatic N) is 1. The van der Waals surface area contributed by atoms with Crippen LogP contribution in [0.15, 0.2) is 0 Å². The second-order valence-electron chi connectivity index (χ2n) is 6.78. The standard InChI is InChI=1S/C15H28N2O2/c1-4-16-15(13(18)19)9-5-7-12(11-15)17-10-6-8-14(17,2)3/h12,16H,4-11H2,1-3H3,(H,18,19). The SMILES string of the molecule is CCNC1(C(=O)O)CCCC(N2CCCC2(C)C)C1. The Bertz CT molecular complexity index is 339. The van der Waals surface area contributed by atoms with Crippen LogP contribution in [0.25, 0.3) is 0 Å². The lowest BCUT2D eigenvalue weighted by molar-refractivity contribution is -0.147. The van der Waals surface area contributed by atoms with Gasteiger partial charge in [0.1, 0.15) is 5.54 Å². The third-order valence-corrected chi connectivity index (χ3v) is 5.06. The lowest BCUT2D eigenvalue weighted by Gasteiger charge is -2.46. The van der Waals surface area contributed by atoms with Crippen LogP contribution in [0.3, 0.4) is 0 Å². The molecule has 0 aromatic heterocycles. The first-order chi connectivity index (χ1) is 8.91. The van der Waals surface area contributed by atoms with Crippen LogP contribution < -0.4 is 5.32 Å². The molecule has 19 heavy (non-hydrogen) atoms. The molecule has 4 nitrogen and oxygen atoms in total. The zero-order valence-electron chi connectivity index (χ0n) is 12.5. The number of nitrogens with one attached hydrogen (secondary N) is 1. The molecule has 1 heterocycles. The van der Waals surface area contributed by atoms with Crippen LogP contribution in [0.2, 0.25) is 0 Å². The summed E-state index contributed by atoms with van der Waals surface area (Å²) in [4.78, 5) is 14.3. The number of likely N-dealkylation sites (tertiary alicyclic amines) is 1. The van der Waals surface area contributed by atoms with E-state index in [4.69, 9.17) is 0 Å². The number of aliphatic carboxylic acids is 1. The Morgan fingerprint density at radius 1 is 1.37 bits per heavy atom. The van der Waals surface area contributed by atoms with Crippen LogP contribution in [-0.4, -0.2) is 46.2 Å². The van der Waals surface area contributed by atoms with Crippen molar-refractivity contribution in [2.45, 2.75) is 76.4 Å². The Morgan fingerprint density at radius 2 is 2.11 bits per heavy atom. The molecule has 0 aromatic carbocycles. The summed E-state index contributed by atoms with van der Waals surface area (Å²) >= 11 is 0. The van der Waals surface area contributed by atoms with Crippen molar-refractivity contribution in [1.29, 1.82) is 0 Å². The molecule has 0 radical (unpaired) electrons. The minimum atomic E-state index is -0.698. The van der Waals surface area contributed by atoms with Crippen LogP contribution in [0.1, 0.15) is 59.3 Å². The van der Waals surface area contributed by atoms with E-state index >= 15 is 0 Å². The maximum atomic E-state index is 11.7. The summed E-state index contributed by atoms with van der Waals surface area (Å²) in [6, 6.07) is 0.418. The van der Waals surface area contributed by atoms with Crippen molar-refractivity contribution >= 4 is 5.97 Å². The topological polar surface area (TPSA) is 52.6 Å². The van der Waals surface area contributed by atoms with E-state index in [2.05, 4.69) is 24.1 Å². The van der Waals surface area contributed by atoms with Gasteiger partial charge in [-0.1, -0.05) is 6.92 Å². The highest BCUT2D eigenvalue weighted by atomic mass is 16.4. The Kier molecular flexibility index (Phi) is 4.21. The van der Waals surface area contributed by atoms with Crippen molar-refractivity contribution in [2.75, 3.05) is 13.1 Å². The number of likely N-dealkylation sites (N-methyl/N-ethyl adjacent to an activating group) is 1. The highest BCUT2D eigenvalue weighted by molar-refractivity contribution is 5.79. The lowest BCUT2D eigenvalue weighted by Crippen LogP contribution is -2.59. The van der Waals surface area contributed by atoms with Gasteiger partial charge in [-0.3, -0.25) is 9.69 Å². The predicted octanol–water partition coefficient (Wildman–Crippen LogP) is 2.24. The summed E-state index contributed by atoms with van der Waals surface area (Å²) in [5.74, 6) is -0.670. The van der Waals surface area contributed by atoms with Gasteiger partial charge in [-0.05, 0) is 65.5 Å². The molecule has 110 valence electrons. The molecule has 2 aliphatic rings. The van der Waals surface area contributed by atoms with Gasteiger partial charge in [-0.2, -0.15) is 0 Å². The third-order valence-electron chi connectivity index (χ3n) is 5.06. The molecule has 2 unspecified atom stereocenters. The van der Waals surface area contributed by atoms with Crippen molar-refractivity contribution < 1.29 is 9.90 Å². The fraction of sp³-hybridized carbons (Fsp3) is 0.933. The molecule has 1 aliphatic heterocycles. The van der Waals surface area contributed by atoms with Gasteiger partial charge in [0.2, 0.25) is 0 Å². The molecule has 1 aliphatic carbocycles. The number of carboxylic acids is 1. The third kappa shape index (κ3) is 2.79. The fourth-order valence-corrected chi connectivity index (χ4v) is 4.09. The van der Waals surface area contributed by atoms with Crippen LogP contribution >= 0.6 is 0 Å². The molecule has 4 heteroatoms. The molecular formula is C15H28N2O2. The summed E-state index contributed by atoms with van der Waals surface area (Å²) in [5, 5.41) is 12.9. The van der Waals surface area contributed by atoms with Crippen molar-refractivity contribution in [1.82, 2.24) is 10.2 Å². The zero-order chi connectivity index (χ0) is 14.1. The Balaban J connectivity index is 2.13. The van der Waals surface area contributed by atoms with Crippen molar-refractivity contribution in [3.63, 3.8) is 0 Å². The number of hydrogen-bond donors (Lipinski definition) is 2. The molecule has 0 aromatic rings. The lowest BCUT2D eigenvalue weighted by atomic mass is 9.77. The van der Waals surface area contributed by atoms with Gasteiger partial charge in [0, 0.05) is 11.6 Å². The minimum Gasteiger partial charge on any atom is -0.480 e. The summed E-state index contributed by atoms with van der Waals surface area (Å²) < 4.78 is 0. The van der Waals surface area contributed by atoms with Gasteiger partial charge in [-0.25, -0.2) is 0 Å². The Hall–Kier alpha value is -0.610. The number of carbonyl (C=O) groups is 1. The average molecular weight is 268 g/mol. The van der Waals surface area contributed by atoms with Crippen LogP contribution in [0.5, 0.6) is 0 Å². The molecule has 2 N–H and O–H groups in total. The van der Waals surface area contributed by atoms with E-state index in [0.29, 0.717) is 6.04 Å². The summed E-state index contributed by atoms with van der Waals surface area (Å²) in [6.45, 7) is 8.44. The number of hydrogen-bond acceptors (Lipinski definition) is 3. The summed E-state index contributed by atoms with van der Waals surface area (Å²) in [5.41, 5.74) is -0.463. The first-order valence-corrected chi connectivity index (χ1v) is 7.66. The van der Waals surface area contributed by atoms with E-state index in [1.54, 1.807) is 0 Å². The highest BCUT2D eigenvalue weighted by Gasteiger charge is 2.46. The monoisotopic (exact) mass is 268 g/mol. The van der Waals surface area contributed by atoms with E-state index < -0.39 is 11.5 Å². The van der Waals surface area contributed by atoms with Gasteiger partial charge in [0.25, 0.3) is 0 Å². The smallest absolute Gasteiger partial charge is 0.323 e. The van der Waals surface area contributed by atoms with E-state index in [-0.39, 0.29) is 5.54 Å². The van der Waals surface area contributed by atoms with Gasteiger partial charge in [-0.15, -0.1) is 0 Å². The van der Waals surface area contributed by atoms with Crippen molar-refractivity contribution in [2.24, 2.45) is 0 Å². The Labute approximate surface area is 116 Å². The van der Waals surface area contributed by atoms with Crippen LogP contribution in [0, 0.1) is 0 Å². The van der Waals surface area contributed by atoms with E-state index in [0.717, 1.165) is 38.8 Å². The van der Waals surface area contributed by atoms with Crippen LogP contribution in [0.4, 0.5) is 0 Å². The molecule has 1 saturated carbocycles. The number of carboxylic acid groups (broad SMARTS) is 1. The van der Waals surface area contributed by atoms with Crippen LogP contribution in [-0.2, 0) is 4.79 Å². The maximum absolute atomic E-state index is 11.7. The van der Waals surface area contributed by atoms with E-state index in [1.165, 1.54) is 12.8 Å². The molecule has 2 fully saturated rings. The predicted molar refractivity (Wildman–Crippen MR) is 76.3 cm³/mol. The highest BCUT2D eigenvalue weighted by Crippen LogP contribution is 2.38. The second-order valence-corrected chi connectivity index (χ2v) is 6.78. The Morgan fingerprint density at radius 3 is 2.63 bits per heavy atom. The minimum absolute atomic E-state index is 0.235. The quantitative estimate of drug-likeness (QED) is 0.821. The fourth-order valence-electron chi connectivity index (χ4n) is 4.09. The molecule has 0 amide bonds. The van der Waals surface area contributed by atoms with E-state index in [9.17, 15) is 9.90 Å². The van der Waals surface area contributed by atoms with Gasteiger partial charge < -0.3 is 10.4 Å². The first-order valence-electron chi connectivity index (χ1n) is 7.66. The second kappa shape index (κ2) is 5.41. The zero-order valence-corrected chi connectivity index (χ0v) is 12.5.